The number of hydrogen-bond donors (Lipinski definition) is 1. The van der Waals surface area contributed by atoms with Gasteiger partial charge in [-0.2, -0.15) is 0 Å². The minimum Gasteiger partial charge on any atom is -0.482 e. The van der Waals surface area contributed by atoms with Crippen molar-refractivity contribution in [3.8, 4) is 5.75 Å². The molecule has 0 saturated heterocycles. The summed E-state index contributed by atoms with van der Waals surface area (Å²) in [5.41, 5.74) is 0.335. The Labute approximate surface area is 107 Å². The molecule has 1 heterocycles. The normalized spacial score (nSPS) is 10.8. The van der Waals surface area contributed by atoms with Gasteiger partial charge in [-0.3, -0.25) is 0 Å². The number of carbonyl (C=O) groups is 1. The van der Waals surface area contributed by atoms with Gasteiger partial charge in [0, 0.05) is 17.7 Å². The maximum atomic E-state index is 13.7. The molecule has 0 atom stereocenters. The SMILES string of the molecule is O=C(O)/C=C/c1cccc(F)c1OCc1ccno1. The number of para-hydroxylation sites is 1. The third-order valence-electron chi connectivity index (χ3n) is 2.25. The Morgan fingerprint density at radius 1 is 1.47 bits per heavy atom. The van der Waals surface area contributed by atoms with Crippen molar-refractivity contribution in [1.29, 1.82) is 0 Å². The highest BCUT2D eigenvalue weighted by atomic mass is 19.1. The van der Waals surface area contributed by atoms with Gasteiger partial charge >= 0.3 is 5.97 Å². The van der Waals surface area contributed by atoms with Crippen molar-refractivity contribution in [2.75, 3.05) is 0 Å². The van der Waals surface area contributed by atoms with Crippen molar-refractivity contribution < 1.29 is 23.6 Å². The Morgan fingerprint density at radius 3 is 3.00 bits per heavy atom. The minimum atomic E-state index is -1.12. The molecule has 0 aliphatic heterocycles. The van der Waals surface area contributed by atoms with Crippen LogP contribution in [0.15, 0.2) is 41.1 Å². The Kier molecular flexibility index (Phi) is 3.92. The van der Waals surface area contributed by atoms with Crippen molar-refractivity contribution in [1.82, 2.24) is 5.16 Å². The molecule has 98 valence electrons. The second kappa shape index (κ2) is 5.81. The van der Waals surface area contributed by atoms with Crippen molar-refractivity contribution in [2.24, 2.45) is 0 Å². The quantitative estimate of drug-likeness (QED) is 0.839. The smallest absolute Gasteiger partial charge is 0.328 e. The van der Waals surface area contributed by atoms with E-state index < -0.39 is 11.8 Å². The number of nitrogens with zero attached hydrogens (tertiary/aromatic N) is 1. The molecule has 1 aromatic carbocycles. The van der Waals surface area contributed by atoms with Gasteiger partial charge in [-0.15, -0.1) is 0 Å². The zero-order valence-corrected chi connectivity index (χ0v) is 9.75. The maximum absolute atomic E-state index is 13.7. The minimum absolute atomic E-state index is 0.00877. The second-order valence-corrected chi connectivity index (χ2v) is 3.60. The Morgan fingerprint density at radius 2 is 2.32 bits per heavy atom. The summed E-state index contributed by atoms with van der Waals surface area (Å²) in [6.45, 7) is 0.00877. The Balaban J connectivity index is 2.20. The number of hydrogen-bond acceptors (Lipinski definition) is 4. The van der Waals surface area contributed by atoms with Gasteiger partial charge in [0.2, 0.25) is 0 Å². The van der Waals surface area contributed by atoms with Crippen molar-refractivity contribution in [3.05, 3.63) is 53.7 Å². The summed E-state index contributed by atoms with van der Waals surface area (Å²) in [5.74, 6) is -1.29. The van der Waals surface area contributed by atoms with Crippen LogP contribution in [0.5, 0.6) is 5.75 Å². The fourth-order valence-electron chi connectivity index (χ4n) is 1.43. The summed E-state index contributed by atoms with van der Waals surface area (Å²) in [5, 5.41) is 12.1. The van der Waals surface area contributed by atoms with Crippen LogP contribution in [0.4, 0.5) is 4.39 Å². The number of benzene rings is 1. The van der Waals surface area contributed by atoms with Gasteiger partial charge in [-0.05, 0) is 12.1 Å². The molecule has 0 bridgehead atoms. The zero-order valence-electron chi connectivity index (χ0n) is 9.75. The van der Waals surface area contributed by atoms with E-state index in [1.54, 1.807) is 12.1 Å². The van der Waals surface area contributed by atoms with E-state index in [0.717, 1.165) is 6.08 Å². The second-order valence-electron chi connectivity index (χ2n) is 3.60. The van der Waals surface area contributed by atoms with E-state index in [1.165, 1.54) is 24.4 Å². The molecule has 5 nitrogen and oxygen atoms in total. The van der Waals surface area contributed by atoms with Gasteiger partial charge in [0.15, 0.2) is 17.3 Å². The molecular weight excluding hydrogens is 253 g/mol. The summed E-state index contributed by atoms with van der Waals surface area (Å²) in [6, 6.07) is 5.85. The van der Waals surface area contributed by atoms with Crippen LogP contribution in [0.1, 0.15) is 11.3 Å². The lowest BCUT2D eigenvalue weighted by molar-refractivity contribution is -0.131. The Bertz CT molecular complexity index is 593. The fraction of sp³-hybridized carbons (Fsp3) is 0.0769. The van der Waals surface area contributed by atoms with Gasteiger partial charge in [0.1, 0.15) is 6.61 Å². The van der Waals surface area contributed by atoms with E-state index >= 15 is 0 Å². The zero-order chi connectivity index (χ0) is 13.7. The summed E-state index contributed by atoms with van der Waals surface area (Å²) in [7, 11) is 0. The summed E-state index contributed by atoms with van der Waals surface area (Å²) >= 11 is 0. The van der Waals surface area contributed by atoms with E-state index in [0.29, 0.717) is 11.3 Å². The molecule has 0 unspecified atom stereocenters. The molecule has 0 aliphatic carbocycles. The van der Waals surface area contributed by atoms with Gasteiger partial charge in [-0.1, -0.05) is 17.3 Å². The van der Waals surface area contributed by atoms with Crippen LogP contribution < -0.4 is 4.74 Å². The molecule has 0 spiro atoms. The monoisotopic (exact) mass is 263 g/mol. The first-order valence-electron chi connectivity index (χ1n) is 5.38. The number of carboxylic acid groups (broad SMARTS) is 1. The number of carboxylic acids is 1. The largest absolute Gasteiger partial charge is 0.482 e. The molecule has 2 rings (SSSR count). The van der Waals surface area contributed by atoms with Crippen molar-refractivity contribution >= 4 is 12.0 Å². The molecule has 1 aromatic heterocycles. The van der Waals surface area contributed by atoms with E-state index in [-0.39, 0.29) is 12.4 Å². The molecule has 0 radical (unpaired) electrons. The van der Waals surface area contributed by atoms with Crippen LogP contribution in [-0.2, 0) is 11.4 Å². The lowest BCUT2D eigenvalue weighted by Crippen LogP contribution is -1.98. The summed E-state index contributed by atoms with van der Waals surface area (Å²) in [6.07, 6.45) is 3.63. The molecule has 0 aliphatic rings. The van der Waals surface area contributed by atoms with Crippen LogP contribution in [0.2, 0.25) is 0 Å². The molecule has 19 heavy (non-hydrogen) atoms. The highest BCUT2D eigenvalue weighted by Gasteiger charge is 2.09. The van der Waals surface area contributed by atoms with Gasteiger partial charge in [-0.25, -0.2) is 9.18 Å². The predicted molar refractivity (Wildman–Crippen MR) is 63.9 cm³/mol. The van der Waals surface area contributed by atoms with Crippen LogP contribution in [0.25, 0.3) is 6.08 Å². The van der Waals surface area contributed by atoms with E-state index in [4.69, 9.17) is 14.4 Å². The van der Waals surface area contributed by atoms with E-state index in [9.17, 15) is 9.18 Å². The molecular formula is C13H10FNO4. The maximum Gasteiger partial charge on any atom is 0.328 e. The first-order valence-corrected chi connectivity index (χ1v) is 5.38. The number of ether oxygens (including phenoxy) is 1. The summed E-state index contributed by atoms with van der Waals surface area (Å²) < 4.78 is 23.8. The molecule has 1 N–H and O–H groups in total. The number of rotatable bonds is 5. The number of aromatic nitrogens is 1. The molecule has 0 amide bonds. The molecule has 0 saturated carbocycles. The molecule has 0 fully saturated rings. The lowest BCUT2D eigenvalue weighted by Gasteiger charge is -2.08. The van der Waals surface area contributed by atoms with Gasteiger partial charge in [0.25, 0.3) is 0 Å². The van der Waals surface area contributed by atoms with Crippen molar-refractivity contribution in [2.45, 2.75) is 6.61 Å². The third-order valence-corrected chi connectivity index (χ3v) is 2.25. The first-order chi connectivity index (χ1) is 9.16. The number of aliphatic carboxylic acids is 1. The van der Waals surface area contributed by atoms with Crippen LogP contribution in [-0.4, -0.2) is 16.2 Å². The van der Waals surface area contributed by atoms with Crippen molar-refractivity contribution in [3.63, 3.8) is 0 Å². The van der Waals surface area contributed by atoms with Crippen LogP contribution >= 0.6 is 0 Å². The summed E-state index contributed by atoms with van der Waals surface area (Å²) in [4.78, 5) is 10.5. The van der Waals surface area contributed by atoms with Crippen LogP contribution in [0.3, 0.4) is 0 Å². The fourth-order valence-corrected chi connectivity index (χ4v) is 1.43. The molecule has 6 heteroatoms. The Hall–Kier alpha value is -2.63. The van der Waals surface area contributed by atoms with Gasteiger partial charge in [0.05, 0.1) is 6.20 Å². The topological polar surface area (TPSA) is 72.6 Å². The van der Waals surface area contributed by atoms with E-state index in [2.05, 4.69) is 5.16 Å². The highest BCUT2D eigenvalue weighted by molar-refractivity contribution is 5.85. The first kappa shape index (κ1) is 12.8. The van der Waals surface area contributed by atoms with E-state index in [1.807, 2.05) is 0 Å². The predicted octanol–water partition coefficient (Wildman–Crippen LogP) is 2.49. The standard InChI is InChI=1S/C13H10FNO4/c14-11-3-1-2-9(4-5-12(16)17)13(11)18-8-10-6-7-15-19-10/h1-7H,8H2,(H,16,17)/b5-4+. The lowest BCUT2D eigenvalue weighted by atomic mass is 10.2. The average molecular weight is 263 g/mol. The highest BCUT2D eigenvalue weighted by Crippen LogP contribution is 2.25. The molecule has 2 aromatic rings. The third kappa shape index (κ3) is 3.41. The van der Waals surface area contributed by atoms with Gasteiger partial charge < -0.3 is 14.4 Å². The number of halogens is 1. The van der Waals surface area contributed by atoms with Crippen LogP contribution in [0, 0.1) is 5.82 Å². The average Bonchev–Trinajstić information content (AvgIpc) is 2.88.